The van der Waals surface area contributed by atoms with E-state index >= 15 is 0 Å². The fraction of sp³-hybridized carbons (Fsp3) is 0.667. The molecule has 0 amide bonds. The number of nitrogens with one attached hydrogen (secondary N) is 2. The molecule has 1 aromatic heterocycles. The first-order valence-corrected chi connectivity index (χ1v) is 6.42. The van der Waals surface area contributed by atoms with Crippen LogP contribution in [-0.2, 0) is 0 Å². The molecule has 2 rings (SSSR count). The summed E-state index contributed by atoms with van der Waals surface area (Å²) in [4.78, 5) is 8.39. The lowest BCUT2D eigenvalue weighted by Crippen LogP contribution is -2.18. The highest BCUT2D eigenvalue weighted by Gasteiger charge is 2.17. The highest BCUT2D eigenvalue weighted by molar-refractivity contribution is 5.74. The van der Waals surface area contributed by atoms with E-state index in [0.29, 0.717) is 11.7 Å². The number of nitrogens with two attached hydrogens (primary N) is 1. The molecule has 0 radical (unpaired) electrons. The lowest BCUT2D eigenvalue weighted by Gasteiger charge is -2.16. The van der Waals surface area contributed by atoms with E-state index in [0.717, 1.165) is 24.6 Å². The third-order valence-corrected chi connectivity index (χ3v) is 3.12. The lowest BCUT2D eigenvalue weighted by molar-refractivity contribution is 0.750. The van der Waals surface area contributed by atoms with Crippen LogP contribution in [0.5, 0.6) is 0 Å². The monoisotopic (exact) mass is 235 g/mol. The molecule has 1 aliphatic carbocycles. The molecule has 1 saturated carbocycles. The van der Waals surface area contributed by atoms with Crippen molar-refractivity contribution in [2.24, 2.45) is 0 Å². The molecule has 0 saturated heterocycles. The number of nitrogen functional groups attached to an aromatic ring is 1. The second kappa shape index (κ2) is 5.70. The molecule has 5 heteroatoms. The van der Waals surface area contributed by atoms with Gasteiger partial charge in [-0.2, -0.15) is 0 Å². The molecule has 0 spiro atoms. The number of aromatic nitrogens is 2. The van der Waals surface area contributed by atoms with E-state index in [1.54, 1.807) is 6.33 Å². The maximum Gasteiger partial charge on any atom is 0.155 e. The van der Waals surface area contributed by atoms with E-state index < -0.39 is 0 Å². The first-order chi connectivity index (χ1) is 8.31. The van der Waals surface area contributed by atoms with Crippen molar-refractivity contribution in [1.82, 2.24) is 9.97 Å². The first-order valence-electron chi connectivity index (χ1n) is 6.42. The summed E-state index contributed by atoms with van der Waals surface area (Å²) in [5.41, 5.74) is 6.68. The summed E-state index contributed by atoms with van der Waals surface area (Å²) in [6, 6.07) is 0.520. The third-order valence-electron chi connectivity index (χ3n) is 3.12. The van der Waals surface area contributed by atoms with Crippen molar-refractivity contribution in [1.29, 1.82) is 0 Å². The van der Waals surface area contributed by atoms with Crippen molar-refractivity contribution in [3.8, 4) is 0 Å². The molecular formula is C12H21N5. The van der Waals surface area contributed by atoms with Gasteiger partial charge in [-0.05, 0) is 19.3 Å². The number of hydrogen-bond acceptors (Lipinski definition) is 5. The minimum Gasteiger partial charge on any atom is -0.393 e. The van der Waals surface area contributed by atoms with Crippen LogP contribution in [-0.4, -0.2) is 22.6 Å². The molecular weight excluding hydrogens is 214 g/mol. The predicted octanol–water partition coefficient (Wildman–Crippen LogP) is 2.24. The van der Waals surface area contributed by atoms with Gasteiger partial charge in [-0.15, -0.1) is 0 Å². The van der Waals surface area contributed by atoms with Crippen LogP contribution in [0.15, 0.2) is 6.33 Å². The van der Waals surface area contributed by atoms with Crippen LogP contribution < -0.4 is 16.4 Å². The van der Waals surface area contributed by atoms with Crippen LogP contribution in [0.3, 0.4) is 0 Å². The zero-order chi connectivity index (χ0) is 12.1. The molecule has 5 nitrogen and oxygen atoms in total. The van der Waals surface area contributed by atoms with Gasteiger partial charge in [0.1, 0.15) is 12.0 Å². The van der Waals surface area contributed by atoms with Crippen LogP contribution in [0, 0.1) is 0 Å². The summed E-state index contributed by atoms with van der Waals surface area (Å²) in [5.74, 6) is 1.51. The predicted molar refractivity (Wildman–Crippen MR) is 71.1 cm³/mol. The van der Waals surface area contributed by atoms with Gasteiger partial charge in [0.2, 0.25) is 0 Å². The molecule has 1 fully saturated rings. The van der Waals surface area contributed by atoms with Crippen LogP contribution in [0.25, 0.3) is 0 Å². The molecule has 4 N–H and O–H groups in total. The van der Waals surface area contributed by atoms with E-state index in [-0.39, 0.29) is 0 Å². The average Bonchev–Trinajstić information content (AvgIpc) is 2.83. The van der Waals surface area contributed by atoms with E-state index in [1.165, 1.54) is 25.7 Å². The van der Waals surface area contributed by atoms with E-state index in [2.05, 4.69) is 27.5 Å². The molecule has 0 bridgehead atoms. The van der Waals surface area contributed by atoms with Gasteiger partial charge in [0.05, 0.1) is 0 Å². The Balaban J connectivity index is 2.05. The third kappa shape index (κ3) is 2.99. The Bertz CT molecular complexity index is 360. The summed E-state index contributed by atoms with van der Waals surface area (Å²) in [5, 5.41) is 6.62. The van der Waals surface area contributed by atoms with E-state index in [4.69, 9.17) is 5.73 Å². The van der Waals surface area contributed by atoms with Crippen molar-refractivity contribution in [2.75, 3.05) is 22.9 Å². The summed E-state index contributed by atoms with van der Waals surface area (Å²) in [6.45, 7) is 2.99. The fourth-order valence-electron chi connectivity index (χ4n) is 2.16. The maximum atomic E-state index is 6.05. The van der Waals surface area contributed by atoms with Gasteiger partial charge in [0.15, 0.2) is 11.6 Å². The largest absolute Gasteiger partial charge is 0.393 e. The molecule has 1 aliphatic rings. The zero-order valence-electron chi connectivity index (χ0n) is 10.4. The van der Waals surface area contributed by atoms with E-state index in [1.807, 2.05) is 0 Å². The van der Waals surface area contributed by atoms with Crippen molar-refractivity contribution in [3.63, 3.8) is 0 Å². The lowest BCUT2D eigenvalue weighted by atomic mass is 10.2. The van der Waals surface area contributed by atoms with Gasteiger partial charge < -0.3 is 16.4 Å². The first kappa shape index (κ1) is 12.0. The van der Waals surface area contributed by atoms with Gasteiger partial charge in [-0.3, -0.25) is 0 Å². The zero-order valence-corrected chi connectivity index (χ0v) is 10.4. The highest BCUT2D eigenvalue weighted by atomic mass is 15.1. The maximum absolute atomic E-state index is 6.05. The SMILES string of the molecule is CCCNc1ncnc(NC2CCCC2)c1N. The number of hydrogen-bond donors (Lipinski definition) is 3. The Morgan fingerprint density at radius 2 is 2.00 bits per heavy atom. The van der Waals surface area contributed by atoms with Crippen LogP contribution in [0.2, 0.25) is 0 Å². The Morgan fingerprint density at radius 1 is 1.29 bits per heavy atom. The van der Waals surface area contributed by atoms with Crippen molar-refractivity contribution < 1.29 is 0 Å². The Kier molecular flexibility index (Phi) is 4.01. The van der Waals surface area contributed by atoms with Crippen molar-refractivity contribution in [2.45, 2.75) is 45.1 Å². The quantitative estimate of drug-likeness (QED) is 0.729. The van der Waals surface area contributed by atoms with Crippen LogP contribution in [0.4, 0.5) is 17.3 Å². The summed E-state index contributed by atoms with van der Waals surface area (Å²) in [7, 11) is 0. The summed E-state index contributed by atoms with van der Waals surface area (Å²) in [6.07, 6.45) is 7.62. The minimum absolute atomic E-state index is 0.520. The van der Waals surface area contributed by atoms with Crippen molar-refractivity contribution >= 4 is 17.3 Å². The van der Waals surface area contributed by atoms with Gasteiger partial charge >= 0.3 is 0 Å². The van der Waals surface area contributed by atoms with Crippen LogP contribution >= 0.6 is 0 Å². The standard InChI is InChI=1S/C12H21N5/c1-2-7-14-11-10(13)12(16-8-15-11)17-9-5-3-4-6-9/h8-9H,2-7,13H2,1H3,(H2,14,15,16,17). The normalized spacial score (nSPS) is 16.1. The number of nitrogens with zero attached hydrogens (tertiary/aromatic N) is 2. The molecule has 0 aromatic carbocycles. The average molecular weight is 235 g/mol. The number of anilines is 3. The molecule has 1 heterocycles. The Morgan fingerprint density at radius 3 is 2.71 bits per heavy atom. The topological polar surface area (TPSA) is 75.9 Å². The van der Waals surface area contributed by atoms with E-state index in [9.17, 15) is 0 Å². The number of rotatable bonds is 5. The minimum atomic E-state index is 0.520. The molecule has 0 aliphatic heterocycles. The highest BCUT2D eigenvalue weighted by Crippen LogP contribution is 2.27. The second-order valence-electron chi connectivity index (χ2n) is 4.54. The Hall–Kier alpha value is -1.52. The molecule has 17 heavy (non-hydrogen) atoms. The molecule has 0 unspecified atom stereocenters. The molecule has 0 atom stereocenters. The molecule has 94 valence electrons. The van der Waals surface area contributed by atoms with Gasteiger partial charge in [-0.25, -0.2) is 9.97 Å². The smallest absolute Gasteiger partial charge is 0.155 e. The second-order valence-corrected chi connectivity index (χ2v) is 4.54. The van der Waals surface area contributed by atoms with Crippen LogP contribution in [0.1, 0.15) is 39.0 Å². The summed E-state index contributed by atoms with van der Waals surface area (Å²) < 4.78 is 0. The fourth-order valence-corrected chi connectivity index (χ4v) is 2.16. The van der Waals surface area contributed by atoms with Crippen molar-refractivity contribution in [3.05, 3.63) is 6.33 Å². The molecule has 1 aromatic rings. The van der Waals surface area contributed by atoms with Gasteiger partial charge in [0, 0.05) is 12.6 Å². The van der Waals surface area contributed by atoms with Gasteiger partial charge in [0.25, 0.3) is 0 Å². The summed E-state index contributed by atoms with van der Waals surface area (Å²) >= 11 is 0. The van der Waals surface area contributed by atoms with Gasteiger partial charge in [-0.1, -0.05) is 19.8 Å². The Labute approximate surface area is 102 Å².